The van der Waals surface area contributed by atoms with Gasteiger partial charge in [-0.2, -0.15) is 0 Å². The summed E-state index contributed by atoms with van der Waals surface area (Å²) >= 11 is 0. The molecular formula is C22H24N4O2. The Kier molecular flexibility index (Phi) is 6.57. The van der Waals surface area contributed by atoms with Gasteiger partial charge in [-0.25, -0.2) is 0 Å². The summed E-state index contributed by atoms with van der Waals surface area (Å²) in [6.45, 7) is 2.80. The summed E-state index contributed by atoms with van der Waals surface area (Å²) in [4.78, 5) is 12.3. The van der Waals surface area contributed by atoms with E-state index in [0.29, 0.717) is 12.4 Å². The van der Waals surface area contributed by atoms with Crippen molar-refractivity contribution in [2.24, 2.45) is 0 Å². The number of rotatable bonds is 8. The second-order valence-electron chi connectivity index (χ2n) is 6.34. The first kappa shape index (κ1) is 19.4. The summed E-state index contributed by atoms with van der Waals surface area (Å²) in [6.07, 6.45) is 1.79. The number of carbonyl (C=O) groups excluding carboxylic acids is 1. The molecule has 6 heteroatoms. The summed E-state index contributed by atoms with van der Waals surface area (Å²) in [5.41, 5.74) is 3.41. The Balaban J connectivity index is 1.51. The zero-order valence-electron chi connectivity index (χ0n) is 16.1. The van der Waals surface area contributed by atoms with Gasteiger partial charge in [0.05, 0.1) is 7.11 Å². The standard InChI is InChI=1S/C22H24N4O2/c1-3-16-7-9-18(10-8-16)24-22(27)20-11-12-21(26-25-20)23-14-13-17-5-4-6-19(15-17)28-2/h4-12,15H,3,13-14H2,1-2H3,(H,23,26)(H,24,27). The van der Waals surface area contributed by atoms with Crippen molar-refractivity contribution in [3.05, 3.63) is 77.5 Å². The van der Waals surface area contributed by atoms with E-state index in [-0.39, 0.29) is 11.6 Å². The fourth-order valence-corrected chi connectivity index (χ4v) is 2.73. The monoisotopic (exact) mass is 376 g/mol. The predicted octanol–water partition coefficient (Wildman–Crippen LogP) is 3.95. The summed E-state index contributed by atoms with van der Waals surface area (Å²) in [7, 11) is 1.66. The molecule has 6 nitrogen and oxygen atoms in total. The lowest BCUT2D eigenvalue weighted by atomic mass is 10.1. The van der Waals surface area contributed by atoms with Crippen molar-refractivity contribution in [2.45, 2.75) is 19.8 Å². The van der Waals surface area contributed by atoms with Crippen LogP contribution in [0.2, 0.25) is 0 Å². The van der Waals surface area contributed by atoms with Gasteiger partial charge in [0, 0.05) is 12.2 Å². The summed E-state index contributed by atoms with van der Waals surface area (Å²) in [5, 5.41) is 14.1. The van der Waals surface area contributed by atoms with Crippen LogP contribution in [0.15, 0.2) is 60.7 Å². The van der Waals surface area contributed by atoms with Crippen LogP contribution in [0.5, 0.6) is 5.75 Å². The van der Waals surface area contributed by atoms with Gasteiger partial charge in [-0.1, -0.05) is 31.2 Å². The van der Waals surface area contributed by atoms with Crippen molar-refractivity contribution in [1.29, 1.82) is 0 Å². The molecule has 2 N–H and O–H groups in total. The smallest absolute Gasteiger partial charge is 0.276 e. The van der Waals surface area contributed by atoms with E-state index in [9.17, 15) is 4.79 Å². The van der Waals surface area contributed by atoms with E-state index in [1.54, 1.807) is 19.2 Å². The Labute approximate surface area is 165 Å². The van der Waals surface area contributed by atoms with E-state index in [1.165, 1.54) is 11.1 Å². The third-order valence-electron chi connectivity index (χ3n) is 4.37. The molecule has 3 aromatic rings. The van der Waals surface area contributed by atoms with Gasteiger partial charge in [0.1, 0.15) is 11.6 Å². The minimum atomic E-state index is -0.278. The molecule has 28 heavy (non-hydrogen) atoms. The lowest BCUT2D eigenvalue weighted by Gasteiger charge is -2.08. The fourth-order valence-electron chi connectivity index (χ4n) is 2.73. The summed E-state index contributed by atoms with van der Waals surface area (Å²) in [5.74, 6) is 1.20. The van der Waals surface area contributed by atoms with Gasteiger partial charge >= 0.3 is 0 Å². The zero-order chi connectivity index (χ0) is 19.8. The van der Waals surface area contributed by atoms with Gasteiger partial charge in [0.25, 0.3) is 5.91 Å². The molecular weight excluding hydrogens is 352 g/mol. The summed E-state index contributed by atoms with van der Waals surface area (Å²) < 4.78 is 5.23. The topological polar surface area (TPSA) is 76.1 Å². The number of aryl methyl sites for hydroxylation is 1. The van der Waals surface area contributed by atoms with Crippen LogP contribution in [-0.2, 0) is 12.8 Å². The minimum absolute atomic E-state index is 0.276. The molecule has 0 aliphatic rings. The molecule has 0 saturated heterocycles. The highest BCUT2D eigenvalue weighted by Crippen LogP contribution is 2.14. The molecule has 0 aliphatic heterocycles. The number of methoxy groups -OCH3 is 1. The number of ether oxygens (including phenoxy) is 1. The van der Waals surface area contributed by atoms with Crippen LogP contribution in [0.25, 0.3) is 0 Å². The number of nitrogens with zero attached hydrogens (tertiary/aromatic N) is 2. The van der Waals surface area contributed by atoms with E-state index >= 15 is 0 Å². The second-order valence-corrected chi connectivity index (χ2v) is 6.34. The first-order chi connectivity index (χ1) is 13.7. The van der Waals surface area contributed by atoms with Crippen LogP contribution in [-0.4, -0.2) is 29.8 Å². The van der Waals surface area contributed by atoms with Crippen LogP contribution in [0.3, 0.4) is 0 Å². The highest BCUT2D eigenvalue weighted by atomic mass is 16.5. The molecule has 3 rings (SSSR count). The third-order valence-corrected chi connectivity index (χ3v) is 4.37. The largest absolute Gasteiger partial charge is 0.497 e. The highest BCUT2D eigenvalue weighted by molar-refractivity contribution is 6.02. The molecule has 0 spiro atoms. The van der Waals surface area contributed by atoms with E-state index in [1.807, 2.05) is 42.5 Å². The Morgan fingerprint density at radius 3 is 2.50 bits per heavy atom. The number of amides is 1. The van der Waals surface area contributed by atoms with Crippen LogP contribution in [0, 0.1) is 0 Å². The number of nitrogens with one attached hydrogen (secondary N) is 2. The van der Waals surface area contributed by atoms with Gasteiger partial charge in [-0.3, -0.25) is 4.79 Å². The molecule has 1 heterocycles. The van der Waals surface area contributed by atoms with Crippen LogP contribution in [0.1, 0.15) is 28.5 Å². The maximum Gasteiger partial charge on any atom is 0.276 e. The molecule has 0 bridgehead atoms. The maximum atomic E-state index is 12.3. The van der Waals surface area contributed by atoms with Gasteiger partial charge in [-0.05, 0) is 60.4 Å². The van der Waals surface area contributed by atoms with Crippen molar-refractivity contribution < 1.29 is 9.53 Å². The van der Waals surface area contributed by atoms with Crippen molar-refractivity contribution in [2.75, 3.05) is 24.3 Å². The van der Waals surface area contributed by atoms with Crippen LogP contribution in [0.4, 0.5) is 11.5 Å². The first-order valence-corrected chi connectivity index (χ1v) is 9.28. The molecule has 0 saturated carbocycles. The van der Waals surface area contributed by atoms with Crippen molar-refractivity contribution in [3.8, 4) is 5.75 Å². The number of carbonyl (C=O) groups is 1. The van der Waals surface area contributed by atoms with Gasteiger partial charge < -0.3 is 15.4 Å². The molecule has 0 radical (unpaired) electrons. The number of hydrogen-bond donors (Lipinski definition) is 2. The van der Waals surface area contributed by atoms with Crippen molar-refractivity contribution >= 4 is 17.4 Å². The van der Waals surface area contributed by atoms with E-state index in [0.717, 1.165) is 24.3 Å². The molecule has 0 unspecified atom stereocenters. The normalized spacial score (nSPS) is 10.4. The average molecular weight is 376 g/mol. The quantitative estimate of drug-likeness (QED) is 0.622. The fraction of sp³-hybridized carbons (Fsp3) is 0.227. The number of hydrogen-bond acceptors (Lipinski definition) is 5. The number of benzene rings is 2. The summed E-state index contributed by atoms with van der Waals surface area (Å²) in [6, 6.07) is 19.1. The first-order valence-electron chi connectivity index (χ1n) is 9.28. The zero-order valence-corrected chi connectivity index (χ0v) is 16.1. The van der Waals surface area contributed by atoms with E-state index in [4.69, 9.17) is 4.74 Å². The Morgan fingerprint density at radius 2 is 1.82 bits per heavy atom. The lowest BCUT2D eigenvalue weighted by molar-refractivity contribution is 0.102. The van der Waals surface area contributed by atoms with Gasteiger partial charge in [0.15, 0.2) is 5.69 Å². The van der Waals surface area contributed by atoms with Crippen molar-refractivity contribution in [3.63, 3.8) is 0 Å². The highest BCUT2D eigenvalue weighted by Gasteiger charge is 2.09. The van der Waals surface area contributed by atoms with Crippen LogP contribution >= 0.6 is 0 Å². The molecule has 0 aliphatic carbocycles. The predicted molar refractivity (Wildman–Crippen MR) is 111 cm³/mol. The second kappa shape index (κ2) is 9.50. The molecule has 2 aromatic carbocycles. The molecule has 144 valence electrons. The maximum absolute atomic E-state index is 12.3. The lowest BCUT2D eigenvalue weighted by Crippen LogP contribution is -2.15. The Morgan fingerprint density at radius 1 is 1.00 bits per heavy atom. The Bertz CT molecular complexity index is 909. The van der Waals surface area contributed by atoms with Gasteiger partial charge in [0.2, 0.25) is 0 Å². The molecule has 1 aromatic heterocycles. The number of anilines is 2. The SMILES string of the molecule is CCc1ccc(NC(=O)c2ccc(NCCc3cccc(OC)c3)nn2)cc1. The van der Waals surface area contributed by atoms with E-state index < -0.39 is 0 Å². The molecule has 0 atom stereocenters. The minimum Gasteiger partial charge on any atom is -0.497 e. The third kappa shape index (κ3) is 5.30. The average Bonchev–Trinajstić information content (AvgIpc) is 2.75. The van der Waals surface area contributed by atoms with E-state index in [2.05, 4.69) is 33.8 Å². The van der Waals surface area contributed by atoms with Crippen molar-refractivity contribution in [1.82, 2.24) is 10.2 Å². The molecule has 1 amide bonds. The van der Waals surface area contributed by atoms with Gasteiger partial charge in [-0.15, -0.1) is 10.2 Å². The Hall–Kier alpha value is -3.41. The number of aromatic nitrogens is 2. The van der Waals surface area contributed by atoms with Crippen LogP contribution < -0.4 is 15.4 Å². The molecule has 0 fully saturated rings.